The fourth-order valence-electron chi connectivity index (χ4n) is 5.82. The van der Waals surface area contributed by atoms with Crippen molar-refractivity contribution in [3.8, 4) is 5.75 Å². The van der Waals surface area contributed by atoms with Gasteiger partial charge in [0.2, 0.25) is 5.78 Å². The third-order valence-corrected chi connectivity index (χ3v) is 7.29. The highest BCUT2D eigenvalue weighted by Gasteiger charge is 2.63. The molecular formula is C23H28ClFN4O7. The summed E-state index contributed by atoms with van der Waals surface area (Å²) in [4.78, 5) is 41.7. The van der Waals surface area contributed by atoms with Crippen LogP contribution < -0.4 is 16.4 Å². The van der Waals surface area contributed by atoms with Crippen molar-refractivity contribution in [1.29, 1.82) is 0 Å². The summed E-state index contributed by atoms with van der Waals surface area (Å²) in [6.07, 6.45) is -0.127. The highest BCUT2D eigenvalue weighted by molar-refractivity contribution is 6.25. The number of anilines is 2. The van der Waals surface area contributed by atoms with E-state index in [9.17, 15) is 39.2 Å². The number of nitrogens with two attached hydrogens (primary N) is 2. The first-order chi connectivity index (χ1) is 16.2. The van der Waals surface area contributed by atoms with Gasteiger partial charge in [0.05, 0.1) is 17.3 Å². The van der Waals surface area contributed by atoms with Crippen LogP contribution in [0.1, 0.15) is 22.3 Å². The van der Waals surface area contributed by atoms with E-state index in [1.165, 1.54) is 38.0 Å². The number of aliphatic hydroxyl groups excluding tert-OH is 2. The number of primary amides is 1. The van der Waals surface area contributed by atoms with Gasteiger partial charge in [0.25, 0.3) is 5.91 Å². The monoisotopic (exact) mass is 526 g/mol. The Balaban J connectivity index is 0.00000361. The Hall–Kier alpha value is -3.35. The molecule has 196 valence electrons. The van der Waals surface area contributed by atoms with Crippen molar-refractivity contribution in [1.82, 2.24) is 4.90 Å². The lowest BCUT2D eigenvalue weighted by Crippen LogP contribution is -2.63. The number of nitrogen functional groups attached to an aromatic ring is 1. The van der Waals surface area contributed by atoms with Gasteiger partial charge >= 0.3 is 0 Å². The molecule has 0 saturated carbocycles. The van der Waals surface area contributed by atoms with Crippen LogP contribution >= 0.6 is 12.4 Å². The SMILES string of the molecule is CN(C)c1c(F)c(N)c(O)c2c1CC1CC3[C@H](N(C)C)C(O)=C(C(N)=O)C(=O)[C@@]3(O)C(O)=C1C2=O.Cl. The number of phenolic OH excluding ortho intramolecular Hbond substituents is 1. The molecule has 0 aliphatic heterocycles. The molecular weight excluding hydrogens is 499 g/mol. The summed E-state index contributed by atoms with van der Waals surface area (Å²) in [7, 11) is 6.15. The zero-order valence-electron chi connectivity index (χ0n) is 20.0. The first-order valence-corrected chi connectivity index (χ1v) is 10.8. The minimum absolute atomic E-state index is 0. The average molecular weight is 527 g/mol. The van der Waals surface area contributed by atoms with Crippen LogP contribution in [0.15, 0.2) is 22.7 Å². The van der Waals surface area contributed by atoms with Gasteiger partial charge in [0.1, 0.15) is 22.8 Å². The van der Waals surface area contributed by atoms with E-state index in [1.54, 1.807) is 0 Å². The summed E-state index contributed by atoms with van der Waals surface area (Å²) in [5.41, 5.74) is 6.20. The molecule has 0 aromatic heterocycles. The highest BCUT2D eigenvalue weighted by Crippen LogP contribution is 2.54. The molecule has 36 heavy (non-hydrogen) atoms. The Kier molecular flexibility index (Phi) is 6.54. The number of Topliss-reactive ketones (excluding diaryl/α,β-unsaturated/α-hetero) is 2. The van der Waals surface area contributed by atoms with Gasteiger partial charge in [-0.15, -0.1) is 12.4 Å². The molecule has 4 atom stereocenters. The van der Waals surface area contributed by atoms with Crippen LogP contribution in [0.3, 0.4) is 0 Å². The van der Waals surface area contributed by atoms with Gasteiger partial charge in [-0.25, -0.2) is 4.39 Å². The van der Waals surface area contributed by atoms with Gasteiger partial charge in [-0.05, 0) is 38.4 Å². The number of likely N-dealkylation sites (N-methyl/N-ethyl adjacent to an activating group) is 1. The first-order valence-electron chi connectivity index (χ1n) is 10.8. The number of rotatable bonds is 3. The van der Waals surface area contributed by atoms with E-state index >= 15 is 0 Å². The number of amides is 1. The normalized spacial score (nSPS) is 27.4. The number of ketones is 2. The Morgan fingerprint density at radius 1 is 1.14 bits per heavy atom. The van der Waals surface area contributed by atoms with Gasteiger partial charge in [0, 0.05) is 25.6 Å². The minimum atomic E-state index is -2.74. The summed E-state index contributed by atoms with van der Waals surface area (Å²) in [6.45, 7) is 0. The largest absolute Gasteiger partial charge is 0.510 e. The van der Waals surface area contributed by atoms with Crippen LogP contribution in [0.25, 0.3) is 0 Å². The van der Waals surface area contributed by atoms with Crippen molar-refractivity contribution < 1.29 is 39.2 Å². The highest BCUT2D eigenvalue weighted by atomic mass is 35.5. The second-order valence-electron chi connectivity index (χ2n) is 9.64. The van der Waals surface area contributed by atoms with Crippen LogP contribution in [0.2, 0.25) is 0 Å². The molecule has 13 heteroatoms. The van der Waals surface area contributed by atoms with Crippen molar-refractivity contribution in [3.63, 3.8) is 0 Å². The molecule has 1 aromatic carbocycles. The van der Waals surface area contributed by atoms with Crippen LogP contribution in [0.5, 0.6) is 5.75 Å². The molecule has 11 nitrogen and oxygen atoms in total. The Labute approximate surface area is 211 Å². The topological polar surface area (TPSA) is 191 Å². The molecule has 3 aliphatic rings. The second-order valence-corrected chi connectivity index (χ2v) is 9.64. The molecule has 0 bridgehead atoms. The quantitative estimate of drug-likeness (QED) is 0.182. The number of nitrogens with zero attached hydrogens (tertiary/aromatic N) is 2. The average Bonchev–Trinajstić information content (AvgIpc) is 2.74. The smallest absolute Gasteiger partial charge is 0.255 e. The molecule has 0 saturated heterocycles. The third kappa shape index (κ3) is 3.28. The molecule has 0 spiro atoms. The number of aromatic hydroxyl groups is 1. The van der Waals surface area contributed by atoms with E-state index in [1.807, 2.05) is 0 Å². The van der Waals surface area contributed by atoms with Crippen molar-refractivity contribution >= 4 is 41.3 Å². The Morgan fingerprint density at radius 2 is 1.72 bits per heavy atom. The molecule has 1 amide bonds. The van der Waals surface area contributed by atoms with Gasteiger partial charge in [-0.1, -0.05) is 0 Å². The molecule has 3 aliphatic carbocycles. The van der Waals surface area contributed by atoms with E-state index in [2.05, 4.69) is 0 Å². The fraction of sp³-hybridized carbons (Fsp3) is 0.435. The maximum Gasteiger partial charge on any atom is 0.255 e. The number of halogens is 2. The summed E-state index contributed by atoms with van der Waals surface area (Å²) in [5.74, 6) is -8.90. The van der Waals surface area contributed by atoms with Gasteiger partial charge in [0.15, 0.2) is 23.0 Å². The van der Waals surface area contributed by atoms with Crippen LogP contribution in [-0.2, 0) is 16.0 Å². The maximum absolute atomic E-state index is 15.0. The van der Waals surface area contributed by atoms with Crippen LogP contribution in [-0.4, -0.2) is 82.6 Å². The van der Waals surface area contributed by atoms with Crippen molar-refractivity contribution in [2.45, 2.75) is 24.5 Å². The van der Waals surface area contributed by atoms with Gasteiger partial charge < -0.3 is 36.8 Å². The summed E-state index contributed by atoms with van der Waals surface area (Å²) < 4.78 is 15.0. The minimum Gasteiger partial charge on any atom is -0.510 e. The number of hydrogen-bond donors (Lipinski definition) is 6. The molecule has 4 rings (SSSR count). The number of carbonyl (C=O) groups is 3. The van der Waals surface area contributed by atoms with E-state index in [4.69, 9.17) is 11.5 Å². The van der Waals surface area contributed by atoms with E-state index in [-0.39, 0.29) is 47.6 Å². The maximum atomic E-state index is 15.0. The van der Waals surface area contributed by atoms with Gasteiger partial charge in [-0.3, -0.25) is 19.3 Å². The van der Waals surface area contributed by atoms with E-state index < -0.39 is 75.3 Å². The van der Waals surface area contributed by atoms with Gasteiger partial charge in [-0.2, -0.15) is 0 Å². The lowest BCUT2D eigenvalue weighted by Gasteiger charge is -2.50. The molecule has 1 aromatic rings. The van der Waals surface area contributed by atoms with Crippen molar-refractivity contribution in [2.75, 3.05) is 38.8 Å². The number of allylic oxidation sites excluding steroid dienone is 1. The van der Waals surface area contributed by atoms with Crippen molar-refractivity contribution in [2.24, 2.45) is 17.6 Å². The van der Waals surface area contributed by atoms with E-state index in [0.717, 1.165) is 0 Å². The zero-order chi connectivity index (χ0) is 26.3. The van der Waals surface area contributed by atoms with E-state index in [0.29, 0.717) is 0 Å². The zero-order valence-corrected chi connectivity index (χ0v) is 20.8. The second kappa shape index (κ2) is 8.64. The number of carbonyl (C=O) groups excluding carboxylic acids is 3. The molecule has 8 N–H and O–H groups in total. The fourth-order valence-corrected chi connectivity index (χ4v) is 5.82. The third-order valence-electron chi connectivity index (χ3n) is 7.29. The summed E-state index contributed by atoms with van der Waals surface area (Å²) in [5, 5.41) is 44.1. The molecule has 0 heterocycles. The number of fused-ring (bicyclic) bond motifs is 3. The number of phenols is 1. The summed E-state index contributed by atoms with van der Waals surface area (Å²) in [6, 6.07) is -1.11. The molecule has 2 unspecified atom stereocenters. The van der Waals surface area contributed by atoms with Crippen LogP contribution in [0, 0.1) is 17.7 Å². The first kappa shape index (κ1) is 27.2. The number of benzene rings is 1. The lowest BCUT2D eigenvalue weighted by atomic mass is 9.58. The number of aliphatic hydroxyl groups is 3. The molecule has 0 radical (unpaired) electrons. The standard InChI is InChI=1S/C23H27FN4O7.ClH/c1-27(2)15-8-5-7-6-9-16(28(3)4)19(31)12(22(26)34)21(33)23(9,35)20(32)10(7)17(29)11(8)18(30)14(25)13(15)24;/h7,9,16,30-32,35H,5-6,25H2,1-4H3,(H2,26,34);1H/t7?,9?,16-,23-;/m0./s1. The predicted molar refractivity (Wildman–Crippen MR) is 130 cm³/mol. The Morgan fingerprint density at radius 3 is 2.22 bits per heavy atom. The van der Waals surface area contributed by atoms with Crippen LogP contribution in [0.4, 0.5) is 15.8 Å². The lowest BCUT2D eigenvalue weighted by molar-refractivity contribution is -0.148. The number of hydrogen-bond acceptors (Lipinski definition) is 10. The predicted octanol–water partition coefficient (Wildman–Crippen LogP) is 0.330. The Bertz CT molecular complexity index is 1280. The van der Waals surface area contributed by atoms with Crippen molar-refractivity contribution in [3.05, 3.63) is 39.6 Å². The molecule has 0 fully saturated rings. The summed E-state index contributed by atoms with van der Waals surface area (Å²) >= 11 is 0.